The van der Waals surface area contributed by atoms with Gasteiger partial charge in [0, 0.05) is 25.7 Å². The number of nitrogens with one attached hydrogen (secondary N) is 1. The molecule has 7 nitrogen and oxygen atoms in total. The fourth-order valence-electron chi connectivity index (χ4n) is 2.83. The van der Waals surface area contributed by atoms with E-state index >= 15 is 0 Å². The van der Waals surface area contributed by atoms with Crippen molar-refractivity contribution >= 4 is 12.0 Å². The molecule has 3 N–H and O–H groups in total. The van der Waals surface area contributed by atoms with Crippen LogP contribution in [0, 0.1) is 0 Å². The summed E-state index contributed by atoms with van der Waals surface area (Å²) in [5.74, 6) is -1.34. The van der Waals surface area contributed by atoms with Gasteiger partial charge in [0.25, 0.3) is 0 Å². The minimum atomic E-state index is -1.93. The van der Waals surface area contributed by atoms with Crippen LogP contribution in [0.5, 0.6) is 0 Å². The molecule has 0 radical (unpaired) electrons. The molecule has 0 aromatic heterocycles. The molecule has 114 valence electrons. The molecule has 2 aliphatic heterocycles. The molecule has 0 saturated carbocycles. The van der Waals surface area contributed by atoms with Crippen molar-refractivity contribution in [2.24, 2.45) is 0 Å². The topological polar surface area (TPSA) is 93.1 Å². The van der Waals surface area contributed by atoms with Gasteiger partial charge in [0.15, 0.2) is 5.60 Å². The minimum Gasteiger partial charge on any atom is -0.479 e. The van der Waals surface area contributed by atoms with Gasteiger partial charge in [-0.3, -0.25) is 4.90 Å². The highest BCUT2D eigenvalue weighted by molar-refractivity contribution is 5.79. The van der Waals surface area contributed by atoms with Crippen LogP contribution >= 0.6 is 0 Å². The zero-order valence-corrected chi connectivity index (χ0v) is 11.8. The number of carboxylic acid groups (broad SMARTS) is 1. The Labute approximate surface area is 118 Å². The van der Waals surface area contributed by atoms with Crippen molar-refractivity contribution in [2.75, 3.05) is 32.7 Å². The lowest BCUT2D eigenvalue weighted by Gasteiger charge is -2.27. The summed E-state index contributed by atoms with van der Waals surface area (Å²) in [6, 6.07) is 0.128. The zero-order valence-electron chi connectivity index (χ0n) is 11.8. The van der Waals surface area contributed by atoms with E-state index in [4.69, 9.17) is 5.11 Å². The summed E-state index contributed by atoms with van der Waals surface area (Å²) < 4.78 is 0. The highest BCUT2D eigenvalue weighted by Crippen LogP contribution is 2.21. The molecule has 2 aliphatic rings. The molecule has 2 atom stereocenters. The SMILES string of the molecule is CC(O)(CNC(=O)N1CCCN2CCCC2C1)C(=O)O. The second-order valence-corrected chi connectivity index (χ2v) is 5.87. The van der Waals surface area contributed by atoms with Gasteiger partial charge in [-0.2, -0.15) is 0 Å². The number of nitrogens with zero attached hydrogens (tertiary/aromatic N) is 2. The number of amides is 2. The van der Waals surface area contributed by atoms with Gasteiger partial charge in [-0.25, -0.2) is 9.59 Å². The van der Waals surface area contributed by atoms with Gasteiger partial charge in [-0.1, -0.05) is 0 Å². The van der Waals surface area contributed by atoms with E-state index in [0.29, 0.717) is 19.1 Å². The quantitative estimate of drug-likeness (QED) is 0.662. The van der Waals surface area contributed by atoms with E-state index in [2.05, 4.69) is 10.2 Å². The molecule has 2 heterocycles. The number of aliphatic carboxylic acids is 1. The maximum Gasteiger partial charge on any atom is 0.337 e. The Hall–Kier alpha value is -1.34. The zero-order chi connectivity index (χ0) is 14.8. The Balaban J connectivity index is 1.87. The van der Waals surface area contributed by atoms with Crippen LogP contribution < -0.4 is 5.32 Å². The fraction of sp³-hybridized carbons (Fsp3) is 0.846. The number of aliphatic hydroxyl groups is 1. The van der Waals surface area contributed by atoms with Crippen LogP contribution in [-0.4, -0.2) is 76.4 Å². The molecule has 0 spiro atoms. The summed E-state index contributed by atoms with van der Waals surface area (Å²) in [6.45, 7) is 4.37. The van der Waals surface area contributed by atoms with E-state index in [-0.39, 0.29) is 12.6 Å². The first kappa shape index (κ1) is 15.1. The first-order valence-electron chi connectivity index (χ1n) is 7.13. The maximum absolute atomic E-state index is 12.1. The summed E-state index contributed by atoms with van der Waals surface area (Å²) in [4.78, 5) is 27.0. The molecule has 7 heteroatoms. The number of urea groups is 1. The van der Waals surface area contributed by atoms with Crippen LogP contribution in [0.4, 0.5) is 4.79 Å². The summed E-state index contributed by atoms with van der Waals surface area (Å²) in [7, 11) is 0. The number of hydrogen-bond donors (Lipinski definition) is 3. The Morgan fingerprint density at radius 2 is 2.00 bits per heavy atom. The predicted octanol–water partition coefficient (Wildman–Crippen LogP) is -0.298. The van der Waals surface area contributed by atoms with Gasteiger partial charge in [-0.05, 0) is 32.7 Å². The normalized spacial score (nSPS) is 26.5. The number of rotatable bonds is 3. The number of hydrogen-bond acceptors (Lipinski definition) is 4. The van der Waals surface area contributed by atoms with Gasteiger partial charge in [-0.15, -0.1) is 0 Å². The van der Waals surface area contributed by atoms with Crippen LogP contribution in [0.25, 0.3) is 0 Å². The summed E-state index contributed by atoms with van der Waals surface area (Å²) >= 11 is 0. The van der Waals surface area contributed by atoms with Gasteiger partial charge in [0.1, 0.15) is 0 Å². The van der Waals surface area contributed by atoms with Crippen molar-refractivity contribution in [2.45, 2.75) is 37.8 Å². The standard InChI is InChI=1S/C13H23N3O4/c1-13(20,11(17)18)9-14-12(19)16-7-3-6-15-5-2-4-10(15)8-16/h10,20H,2-9H2,1H3,(H,14,19)(H,17,18). The minimum absolute atomic E-state index is 0.286. The van der Waals surface area contributed by atoms with Crippen LogP contribution in [-0.2, 0) is 4.79 Å². The molecule has 0 aliphatic carbocycles. The second kappa shape index (κ2) is 5.97. The van der Waals surface area contributed by atoms with Crippen molar-refractivity contribution in [3.05, 3.63) is 0 Å². The molecule has 2 rings (SSSR count). The summed E-state index contributed by atoms with van der Waals surface area (Å²) in [5.41, 5.74) is -1.93. The number of carboxylic acids is 1. The lowest BCUT2D eigenvalue weighted by molar-refractivity contribution is -0.155. The van der Waals surface area contributed by atoms with Crippen molar-refractivity contribution < 1.29 is 19.8 Å². The number of carbonyl (C=O) groups is 2. The van der Waals surface area contributed by atoms with Gasteiger partial charge >= 0.3 is 12.0 Å². The largest absolute Gasteiger partial charge is 0.479 e. The van der Waals surface area contributed by atoms with E-state index in [0.717, 1.165) is 25.9 Å². The lowest BCUT2D eigenvalue weighted by atomic mass is 10.1. The highest BCUT2D eigenvalue weighted by Gasteiger charge is 2.33. The Morgan fingerprint density at radius 1 is 1.30 bits per heavy atom. The van der Waals surface area contributed by atoms with Crippen LogP contribution in [0.3, 0.4) is 0 Å². The van der Waals surface area contributed by atoms with Gasteiger partial charge in [0.2, 0.25) is 0 Å². The van der Waals surface area contributed by atoms with Crippen molar-refractivity contribution in [3.63, 3.8) is 0 Å². The third kappa shape index (κ3) is 3.40. The highest BCUT2D eigenvalue weighted by atomic mass is 16.4. The molecule has 0 aromatic rings. The Kier molecular flexibility index (Phi) is 4.49. The molecular weight excluding hydrogens is 262 g/mol. The van der Waals surface area contributed by atoms with E-state index in [1.54, 1.807) is 4.90 Å². The smallest absolute Gasteiger partial charge is 0.337 e. The summed E-state index contributed by atoms with van der Waals surface area (Å²) in [5, 5.41) is 20.9. The molecule has 2 amide bonds. The number of fused-ring (bicyclic) bond motifs is 1. The molecular formula is C13H23N3O4. The van der Waals surface area contributed by atoms with E-state index in [1.807, 2.05) is 0 Å². The Bertz CT molecular complexity index is 386. The van der Waals surface area contributed by atoms with Crippen molar-refractivity contribution in [1.29, 1.82) is 0 Å². The molecule has 2 unspecified atom stereocenters. The monoisotopic (exact) mass is 285 g/mol. The van der Waals surface area contributed by atoms with Gasteiger partial charge in [0.05, 0.1) is 6.54 Å². The second-order valence-electron chi connectivity index (χ2n) is 5.87. The molecule has 0 aromatic carbocycles. The maximum atomic E-state index is 12.1. The van der Waals surface area contributed by atoms with E-state index in [9.17, 15) is 14.7 Å². The van der Waals surface area contributed by atoms with E-state index in [1.165, 1.54) is 13.3 Å². The molecule has 20 heavy (non-hydrogen) atoms. The Morgan fingerprint density at radius 3 is 2.70 bits per heavy atom. The third-order valence-electron chi connectivity index (χ3n) is 4.14. The van der Waals surface area contributed by atoms with Crippen molar-refractivity contribution in [1.82, 2.24) is 15.1 Å². The first-order valence-corrected chi connectivity index (χ1v) is 7.13. The molecule has 2 saturated heterocycles. The average molecular weight is 285 g/mol. The van der Waals surface area contributed by atoms with Crippen LogP contribution in [0.15, 0.2) is 0 Å². The average Bonchev–Trinajstić information content (AvgIpc) is 2.73. The fourth-order valence-corrected chi connectivity index (χ4v) is 2.83. The van der Waals surface area contributed by atoms with E-state index < -0.39 is 11.6 Å². The molecule has 0 bridgehead atoms. The van der Waals surface area contributed by atoms with Crippen LogP contribution in [0.1, 0.15) is 26.2 Å². The summed E-state index contributed by atoms with van der Waals surface area (Å²) in [6.07, 6.45) is 3.21. The van der Waals surface area contributed by atoms with Crippen molar-refractivity contribution in [3.8, 4) is 0 Å². The van der Waals surface area contributed by atoms with Crippen LogP contribution in [0.2, 0.25) is 0 Å². The predicted molar refractivity (Wildman–Crippen MR) is 72.4 cm³/mol. The third-order valence-corrected chi connectivity index (χ3v) is 4.14. The molecule has 2 fully saturated rings. The number of carbonyl (C=O) groups excluding carboxylic acids is 1. The van der Waals surface area contributed by atoms with Gasteiger partial charge < -0.3 is 20.4 Å². The first-order chi connectivity index (χ1) is 9.40. The lowest BCUT2D eigenvalue weighted by Crippen LogP contribution is -2.51.